The molecule has 0 aliphatic carbocycles. The molecule has 0 spiro atoms. The molecule has 0 radical (unpaired) electrons. The van der Waals surface area contributed by atoms with Crippen LogP contribution in [0.5, 0.6) is 11.9 Å². The second kappa shape index (κ2) is 7.47. The molecule has 8 nitrogen and oxygen atoms in total. The van der Waals surface area contributed by atoms with Crippen LogP contribution in [0.4, 0.5) is 10.2 Å². The summed E-state index contributed by atoms with van der Waals surface area (Å²) < 4.78 is 25.3. The van der Waals surface area contributed by atoms with E-state index in [-0.39, 0.29) is 11.8 Å². The number of halogens is 1. The number of hydrogen-bond acceptors (Lipinski definition) is 7. The maximum Gasteiger partial charge on any atom is 0.319 e. The van der Waals surface area contributed by atoms with Crippen molar-refractivity contribution in [1.29, 1.82) is 0 Å². The van der Waals surface area contributed by atoms with Crippen molar-refractivity contribution >= 4 is 11.5 Å². The Morgan fingerprint density at radius 1 is 1.04 bits per heavy atom. The van der Waals surface area contributed by atoms with Crippen molar-refractivity contribution in [3.8, 4) is 23.1 Å². The Hall–Kier alpha value is -3.75. The van der Waals surface area contributed by atoms with Gasteiger partial charge in [-0.2, -0.15) is 4.98 Å². The van der Waals surface area contributed by atoms with Gasteiger partial charge in [0.05, 0.1) is 31.7 Å². The third-order valence-corrected chi connectivity index (χ3v) is 4.18. The predicted octanol–water partition coefficient (Wildman–Crippen LogP) is 2.95. The van der Waals surface area contributed by atoms with Crippen LogP contribution in [-0.4, -0.2) is 38.6 Å². The molecular formula is C19H17FN6O2. The Labute approximate surface area is 160 Å². The summed E-state index contributed by atoms with van der Waals surface area (Å²) >= 11 is 0. The van der Waals surface area contributed by atoms with E-state index in [0.29, 0.717) is 29.5 Å². The van der Waals surface area contributed by atoms with E-state index in [2.05, 4.69) is 25.3 Å². The average molecular weight is 380 g/mol. The zero-order chi connectivity index (χ0) is 19.5. The monoisotopic (exact) mass is 380 g/mol. The topological polar surface area (TPSA) is 86.5 Å². The molecule has 0 atom stereocenters. The minimum absolute atomic E-state index is 0.220. The molecule has 4 aromatic rings. The highest BCUT2D eigenvalue weighted by atomic mass is 19.1. The fraction of sp³-hybridized carbons (Fsp3) is 0.158. The second-order valence-corrected chi connectivity index (χ2v) is 5.87. The number of aromatic nitrogens is 5. The number of hydrogen-bond donors (Lipinski definition) is 1. The summed E-state index contributed by atoms with van der Waals surface area (Å²) in [7, 11) is 3.03. The number of anilines is 1. The summed E-state index contributed by atoms with van der Waals surface area (Å²) in [6.07, 6.45) is 6.79. The van der Waals surface area contributed by atoms with Gasteiger partial charge in [-0.25, -0.2) is 19.3 Å². The Balaban J connectivity index is 1.68. The fourth-order valence-electron chi connectivity index (χ4n) is 2.81. The second-order valence-electron chi connectivity index (χ2n) is 5.87. The van der Waals surface area contributed by atoms with Crippen LogP contribution in [0.25, 0.3) is 16.9 Å². The van der Waals surface area contributed by atoms with Crippen LogP contribution < -0.4 is 14.8 Å². The van der Waals surface area contributed by atoms with E-state index in [1.807, 2.05) is 4.40 Å². The van der Waals surface area contributed by atoms with Crippen LogP contribution >= 0.6 is 0 Å². The van der Waals surface area contributed by atoms with Gasteiger partial charge in [-0.15, -0.1) is 0 Å². The zero-order valence-electron chi connectivity index (χ0n) is 15.3. The number of benzene rings is 1. The number of rotatable bonds is 6. The maximum atomic E-state index is 13.1. The highest BCUT2D eigenvalue weighted by Gasteiger charge is 2.16. The molecule has 4 rings (SSSR count). The molecule has 3 heterocycles. The van der Waals surface area contributed by atoms with Crippen molar-refractivity contribution in [2.45, 2.75) is 6.54 Å². The summed E-state index contributed by atoms with van der Waals surface area (Å²) in [6.45, 7) is 0.490. The molecule has 0 aliphatic heterocycles. The molecule has 28 heavy (non-hydrogen) atoms. The molecule has 142 valence electrons. The van der Waals surface area contributed by atoms with Gasteiger partial charge in [0.2, 0.25) is 5.88 Å². The molecule has 9 heteroatoms. The van der Waals surface area contributed by atoms with Crippen molar-refractivity contribution in [2.24, 2.45) is 0 Å². The van der Waals surface area contributed by atoms with Gasteiger partial charge in [0.25, 0.3) is 0 Å². The highest BCUT2D eigenvalue weighted by Crippen LogP contribution is 2.30. The van der Waals surface area contributed by atoms with Crippen LogP contribution in [0.1, 0.15) is 5.56 Å². The van der Waals surface area contributed by atoms with Gasteiger partial charge in [0, 0.05) is 25.1 Å². The molecular weight excluding hydrogens is 363 g/mol. The molecule has 0 saturated heterocycles. The van der Waals surface area contributed by atoms with Gasteiger partial charge in [-0.05, 0) is 17.7 Å². The Kier molecular flexibility index (Phi) is 4.71. The smallest absolute Gasteiger partial charge is 0.319 e. The van der Waals surface area contributed by atoms with E-state index < -0.39 is 0 Å². The molecule has 1 aromatic carbocycles. The van der Waals surface area contributed by atoms with Crippen molar-refractivity contribution < 1.29 is 13.9 Å². The van der Waals surface area contributed by atoms with Gasteiger partial charge < -0.3 is 14.8 Å². The van der Waals surface area contributed by atoms with Gasteiger partial charge in [0.1, 0.15) is 5.82 Å². The molecule has 0 aliphatic rings. The lowest BCUT2D eigenvalue weighted by Gasteiger charge is -2.10. The standard InChI is InChI=1S/C19H17FN6O2/c1-27-18-14(10-24-19(25-18)28-2)15-11-23-17-16(21-7-8-26(15)17)22-9-12-3-5-13(20)6-4-12/h3-8,10-11H,9H2,1-2H3,(H,21,22). The third-order valence-electron chi connectivity index (χ3n) is 4.18. The molecule has 3 aromatic heterocycles. The lowest BCUT2D eigenvalue weighted by atomic mass is 10.2. The van der Waals surface area contributed by atoms with Crippen molar-refractivity contribution in [2.75, 3.05) is 19.5 Å². The van der Waals surface area contributed by atoms with Crippen molar-refractivity contribution in [3.05, 3.63) is 60.4 Å². The number of methoxy groups -OCH3 is 2. The highest BCUT2D eigenvalue weighted by molar-refractivity contribution is 5.72. The lowest BCUT2D eigenvalue weighted by molar-refractivity contribution is 0.353. The van der Waals surface area contributed by atoms with Gasteiger partial charge in [0.15, 0.2) is 11.5 Å². The van der Waals surface area contributed by atoms with Crippen LogP contribution in [0.2, 0.25) is 0 Å². The Bertz CT molecular complexity index is 1110. The van der Waals surface area contributed by atoms with Crippen molar-refractivity contribution in [1.82, 2.24) is 24.3 Å². The van der Waals surface area contributed by atoms with Gasteiger partial charge in [-0.3, -0.25) is 4.40 Å². The van der Waals surface area contributed by atoms with E-state index in [9.17, 15) is 4.39 Å². The van der Waals surface area contributed by atoms with E-state index in [1.54, 1.807) is 36.9 Å². The minimum Gasteiger partial charge on any atom is -0.480 e. The number of ether oxygens (including phenoxy) is 2. The molecule has 1 N–H and O–H groups in total. The van der Waals surface area contributed by atoms with E-state index in [4.69, 9.17) is 9.47 Å². The molecule has 0 bridgehead atoms. The molecule has 0 unspecified atom stereocenters. The quantitative estimate of drug-likeness (QED) is 0.550. The summed E-state index contributed by atoms with van der Waals surface area (Å²) in [5.41, 5.74) is 2.99. The lowest BCUT2D eigenvalue weighted by Crippen LogP contribution is -2.04. The number of nitrogens with zero attached hydrogens (tertiary/aromatic N) is 5. The fourth-order valence-corrected chi connectivity index (χ4v) is 2.81. The first kappa shape index (κ1) is 17.7. The largest absolute Gasteiger partial charge is 0.480 e. The van der Waals surface area contributed by atoms with Gasteiger partial charge >= 0.3 is 6.01 Å². The van der Waals surface area contributed by atoms with E-state index in [0.717, 1.165) is 11.3 Å². The van der Waals surface area contributed by atoms with Crippen LogP contribution in [0.3, 0.4) is 0 Å². The zero-order valence-corrected chi connectivity index (χ0v) is 15.3. The molecule has 0 amide bonds. The number of nitrogens with one attached hydrogen (secondary N) is 1. The van der Waals surface area contributed by atoms with Crippen molar-refractivity contribution in [3.63, 3.8) is 0 Å². The van der Waals surface area contributed by atoms with Crippen LogP contribution in [0, 0.1) is 5.82 Å². The van der Waals surface area contributed by atoms with E-state index in [1.165, 1.54) is 26.4 Å². The first-order chi connectivity index (χ1) is 13.7. The van der Waals surface area contributed by atoms with Gasteiger partial charge in [-0.1, -0.05) is 12.1 Å². The maximum absolute atomic E-state index is 13.1. The Morgan fingerprint density at radius 2 is 1.86 bits per heavy atom. The average Bonchev–Trinajstić information content (AvgIpc) is 3.17. The summed E-state index contributed by atoms with van der Waals surface area (Å²) in [6, 6.07) is 6.51. The van der Waals surface area contributed by atoms with Crippen LogP contribution in [0.15, 0.2) is 49.1 Å². The summed E-state index contributed by atoms with van der Waals surface area (Å²) in [5.74, 6) is 0.718. The van der Waals surface area contributed by atoms with E-state index >= 15 is 0 Å². The number of imidazole rings is 1. The normalized spacial score (nSPS) is 10.8. The predicted molar refractivity (Wildman–Crippen MR) is 101 cm³/mol. The summed E-state index contributed by atoms with van der Waals surface area (Å²) in [4.78, 5) is 17.2. The molecule has 0 fully saturated rings. The minimum atomic E-state index is -0.266. The number of fused-ring (bicyclic) bond motifs is 1. The Morgan fingerprint density at radius 3 is 2.61 bits per heavy atom. The third kappa shape index (κ3) is 3.29. The molecule has 0 saturated carbocycles. The first-order valence-electron chi connectivity index (χ1n) is 8.45. The SMILES string of the molecule is COc1ncc(-c2cnc3c(NCc4ccc(F)cc4)nccn23)c(OC)n1. The van der Waals surface area contributed by atoms with Crippen LogP contribution in [-0.2, 0) is 6.54 Å². The first-order valence-corrected chi connectivity index (χ1v) is 8.45. The summed E-state index contributed by atoms with van der Waals surface area (Å²) in [5, 5.41) is 3.24.